The van der Waals surface area contributed by atoms with Crippen molar-refractivity contribution in [3.63, 3.8) is 0 Å². The van der Waals surface area contributed by atoms with Crippen molar-refractivity contribution in [2.75, 3.05) is 0 Å². The molecule has 5 nitrogen and oxygen atoms in total. The quantitative estimate of drug-likeness (QED) is 0.563. The van der Waals surface area contributed by atoms with Gasteiger partial charge in [-0.3, -0.25) is 4.98 Å². The molecule has 0 spiro atoms. The molecule has 0 unspecified atom stereocenters. The fraction of sp³-hybridized carbons (Fsp3) is 0.190. The number of nitrogens with one attached hydrogen (secondary N) is 2. The van der Waals surface area contributed by atoms with Crippen LogP contribution in [0.3, 0.4) is 0 Å². The molecule has 0 fully saturated rings. The number of hydrogen-bond donors (Lipinski definition) is 2. The predicted molar refractivity (Wildman–Crippen MR) is 104 cm³/mol. The first kappa shape index (κ1) is 16.3. The van der Waals surface area contributed by atoms with Gasteiger partial charge in [0.05, 0.1) is 29.5 Å². The highest BCUT2D eigenvalue weighted by atomic mass is 14.9. The summed E-state index contributed by atoms with van der Waals surface area (Å²) >= 11 is 0. The van der Waals surface area contributed by atoms with Crippen molar-refractivity contribution in [1.82, 2.24) is 24.9 Å². The van der Waals surface area contributed by atoms with E-state index in [1.54, 1.807) is 0 Å². The molecule has 0 radical (unpaired) electrons. The molecule has 0 saturated heterocycles. The van der Waals surface area contributed by atoms with Crippen molar-refractivity contribution in [2.24, 2.45) is 0 Å². The summed E-state index contributed by atoms with van der Waals surface area (Å²) in [4.78, 5) is 19.8. The second-order valence-electron chi connectivity index (χ2n) is 6.68. The Balaban J connectivity index is 1.71. The van der Waals surface area contributed by atoms with Gasteiger partial charge in [0.15, 0.2) is 0 Å². The minimum atomic E-state index is 0.905. The lowest BCUT2D eigenvalue weighted by atomic mass is 9.97. The van der Waals surface area contributed by atoms with Crippen LogP contribution in [0.5, 0.6) is 0 Å². The monoisotopic (exact) mass is 343 g/mol. The van der Waals surface area contributed by atoms with Gasteiger partial charge in [0, 0.05) is 17.3 Å². The Morgan fingerprint density at radius 2 is 1.27 bits per heavy atom. The molecule has 5 heteroatoms. The average Bonchev–Trinajstić information content (AvgIpc) is 3.24. The number of pyridine rings is 1. The fourth-order valence-corrected chi connectivity index (χ4v) is 3.24. The molecule has 3 aromatic heterocycles. The first-order valence-electron chi connectivity index (χ1n) is 8.63. The van der Waals surface area contributed by atoms with Crippen LogP contribution in [-0.2, 0) is 0 Å². The number of benzene rings is 1. The van der Waals surface area contributed by atoms with Gasteiger partial charge < -0.3 is 9.97 Å². The number of H-pyrrole nitrogens is 2. The van der Waals surface area contributed by atoms with Gasteiger partial charge in [-0.2, -0.15) is 0 Å². The van der Waals surface area contributed by atoms with Gasteiger partial charge >= 0.3 is 0 Å². The van der Waals surface area contributed by atoms with Crippen LogP contribution < -0.4 is 0 Å². The van der Waals surface area contributed by atoms with Gasteiger partial charge in [0.25, 0.3) is 0 Å². The Hall–Kier alpha value is -3.21. The van der Waals surface area contributed by atoms with E-state index in [-0.39, 0.29) is 0 Å². The molecule has 0 atom stereocenters. The maximum absolute atomic E-state index is 4.73. The maximum atomic E-state index is 4.73. The summed E-state index contributed by atoms with van der Waals surface area (Å²) in [5.74, 6) is 1.83. The molecule has 2 N–H and O–H groups in total. The van der Waals surface area contributed by atoms with E-state index in [0.29, 0.717) is 0 Å². The Morgan fingerprint density at radius 1 is 0.654 bits per heavy atom. The van der Waals surface area contributed by atoms with Crippen LogP contribution in [0.25, 0.3) is 33.8 Å². The van der Waals surface area contributed by atoms with Crippen LogP contribution in [-0.4, -0.2) is 24.9 Å². The SMILES string of the molecule is Cc1ncc(-c2ccc(-c3ncc(-c4cnc(C)[nH]4)cc3C)c(C)c2)[nH]1. The molecule has 1 aromatic carbocycles. The Bertz CT molecular complexity index is 1000. The zero-order valence-corrected chi connectivity index (χ0v) is 15.4. The van der Waals surface area contributed by atoms with E-state index in [9.17, 15) is 0 Å². The number of rotatable bonds is 3. The van der Waals surface area contributed by atoms with Crippen LogP contribution in [0, 0.1) is 27.7 Å². The average molecular weight is 343 g/mol. The topological polar surface area (TPSA) is 70.2 Å². The van der Waals surface area contributed by atoms with Gasteiger partial charge in [0.1, 0.15) is 11.6 Å². The number of hydrogen-bond acceptors (Lipinski definition) is 3. The Morgan fingerprint density at radius 3 is 1.81 bits per heavy atom. The zero-order valence-electron chi connectivity index (χ0n) is 15.4. The summed E-state index contributed by atoms with van der Waals surface area (Å²) in [6, 6.07) is 8.58. The van der Waals surface area contributed by atoms with Crippen molar-refractivity contribution in [2.45, 2.75) is 27.7 Å². The molecule has 0 aliphatic rings. The molecule has 3 heterocycles. The number of aromatic nitrogens is 5. The van der Waals surface area contributed by atoms with Crippen molar-refractivity contribution in [3.05, 3.63) is 65.6 Å². The second-order valence-corrected chi connectivity index (χ2v) is 6.68. The van der Waals surface area contributed by atoms with E-state index in [0.717, 1.165) is 51.0 Å². The van der Waals surface area contributed by atoms with Gasteiger partial charge in [0.2, 0.25) is 0 Å². The van der Waals surface area contributed by atoms with Crippen LogP contribution in [0.15, 0.2) is 42.9 Å². The summed E-state index contributed by atoms with van der Waals surface area (Å²) in [5.41, 5.74) is 8.70. The van der Waals surface area contributed by atoms with Crippen LogP contribution in [0.2, 0.25) is 0 Å². The Labute approximate surface area is 152 Å². The lowest BCUT2D eigenvalue weighted by Crippen LogP contribution is -1.93. The Kier molecular flexibility index (Phi) is 3.92. The highest BCUT2D eigenvalue weighted by Gasteiger charge is 2.11. The van der Waals surface area contributed by atoms with Crippen LogP contribution >= 0.6 is 0 Å². The second kappa shape index (κ2) is 6.26. The number of aromatic amines is 2. The molecule has 0 aliphatic heterocycles. The van der Waals surface area contributed by atoms with Crippen molar-refractivity contribution < 1.29 is 0 Å². The van der Waals surface area contributed by atoms with Crippen LogP contribution in [0.1, 0.15) is 22.8 Å². The summed E-state index contributed by atoms with van der Waals surface area (Å²) in [5, 5.41) is 0. The van der Waals surface area contributed by atoms with E-state index in [2.05, 4.69) is 58.0 Å². The van der Waals surface area contributed by atoms with E-state index in [1.165, 1.54) is 5.56 Å². The van der Waals surface area contributed by atoms with Crippen LogP contribution in [0.4, 0.5) is 0 Å². The lowest BCUT2D eigenvalue weighted by molar-refractivity contribution is 1.15. The molecule has 130 valence electrons. The fourth-order valence-electron chi connectivity index (χ4n) is 3.24. The third-order valence-electron chi connectivity index (χ3n) is 4.59. The van der Waals surface area contributed by atoms with Crippen molar-refractivity contribution in [3.8, 4) is 33.8 Å². The first-order chi connectivity index (χ1) is 12.5. The molecule has 4 aromatic rings. The molecule has 0 saturated carbocycles. The van der Waals surface area contributed by atoms with E-state index >= 15 is 0 Å². The van der Waals surface area contributed by atoms with Crippen molar-refractivity contribution >= 4 is 0 Å². The molecule has 26 heavy (non-hydrogen) atoms. The minimum Gasteiger partial charge on any atom is -0.342 e. The number of imidazole rings is 2. The zero-order chi connectivity index (χ0) is 18.3. The molecule has 0 amide bonds. The number of nitrogens with zero attached hydrogens (tertiary/aromatic N) is 3. The van der Waals surface area contributed by atoms with Crippen molar-refractivity contribution in [1.29, 1.82) is 0 Å². The third kappa shape index (κ3) is 2.92. The normalized spacial score (nSPS) is 11.1. The molecular weight excluding hydrogens is 322 g/mol. The summed E-state index contributed by atoms with van der Waals surface area (Å²) < 4.78 is 0. The lowest BCUT2D eigenvalue weighted by Gasteiger charge is -2.11. The summed E-state index contributed by atoms with van der Waals surface area (Å²) in [6.07, 6.45) is 5.62. The molecule has 4 rings (SSSR count). The smallest absolute Gasteiger partial charge is 0.103 e. The van der Waals surface area contributed by atoms with Gasteiger partial charge in [-0.1, -0.05) is 12.1 Å². The molecule has 0 bridgehead atoms. The van der Waals surface area contributed by atoms with Gasteiger partial charge in [-0.15, -0.1) is 0 Å². The molecular formula is C21H21N5. The van der Waals surface area contributed by atoms with Gasteiger partial charge in [-0.05, 0) is 56.5 Å². The summed E-state index contributed by atoms with van der Waals surface area (Å²) in [7, 11) is 0. The molecule has 0 aliphatic carbocycles. The number of aryl methyl sites for hydroxylation is 4. The third-order valence-corrected chi connectivity index (χ3v) is 4.59. The van der Waals surface area contributed by atoms with E-state index in [4.69, 9.17) is 4.98 Å². The first-order valence-corrected chi connectivity index (χ1v) is 8.63. The maximum Gasteiger partial charge on any atom is 0.103 e. The minimum absolute atomic E-state index is 0.905. The highest BCUT2D eigenvalue weighted by Crippen LogP contribution is 2.30. The van der Waals surface area contributed by atoms with E-state index in [1.807, 2.05) is 32.4 Å². The standard InChI is InChI=1S/C21H21N5/c1-12-7-16(19-10-22-14(3)25-19)5-6-18(12)21-13(2)8-17(9-24-21)20-11-23-15(4)26-20/h5-11H,1-4H3,(H,22,25)(H,23,26). The van der Waals surface area contributed by atoms with E-state index < -0.39 is 0 Å². The predicted octanol–water partition coefficient (Wildman–Crippen LogP) is 4.76. The summed E-state index contributed by atoms with van der Waals surface area (Å²) in [6.45, 7) is 8.13. The largest absolute Gasteiger partial charge is 0.342 e. The van der Waals surface area contributed by atoms with Gasteiger partial charge in [-0.25, -0.2) is 9.97 Å². The highest BCUT2D eigenvalue weighted by molar-refractivity contribution is 5.73.